The molecule has 0 aromatic carbocycles. The van der Waals surface area contributed by atoms with Crippen molar-refractivity contribution in [2.75, 3.05) is 17.6 Å². The van der Waals surface area contributed by atoms with Crippen LogP contribution in [0.3, 0.4) is 0 Å². The molecular weight excluding hydrogens is 394 g/mol. The van der Waals surface area contributed by atoms with Gasteiger partial charge in [-0.1, -0.05) is 0 Å². The van der Waals surface area contributed by atoms with Crippen LogP contribution in [-0.2, 0) is 4.79 Å². The second kappa shape index (κ2) is 7.33. The van der Waals surface area contributed by atoms with E-state index in [1.54, 1.807) is 0 Å². The van der Waals surface area contributed by atoms with Crippen LogP contribution < -0.4 is 5.32 Å². The van der Waals surface area contributed by atoms with E-state index in [4.69, 9.17) is 0 Å². The monoisotopic (exact) mass is 401 g/mol. The average Bonchev–Trinajstić information content (AvgIpc) is 1.89. The number of hydrogen-bond acceptors (Lipinski definition) is 2. The standard InChI is InChI=1S/C4H8BrNOS.Tl/c5-3-4(7)6-1-2-8;/h8H,1-3H2,(H,6,7);/q;+1/p-1. The fourth-order valence-electron chi connectivity index (χ4n) is 0.297. The Balaban J connectivity index is 2.97. The number of carbonyl (C=O) groups is 1. The van der Waals surface area contributed by atoms with Gasteiger partial charge in [0.25, 0.3) is 0 Å². The summed E-state index contributed by atoms with van der Waals surface area (Å²) >= 11 is 4.04. The molecule has 1 N–H and O–H groups in total. The van der Waals surface area contributed by atoms with Gasteiger partial charge in [-0.25, -0.2) is 0 Å². The second-order valence-corrected chi connectivity index (χ2v) is 6.54. The van der Waals surface area contributed by atoms with E-state index < -0.39 is 0 Å². The van der Waals surface area contributed by atoms with E-state index in [9.17, 15) is 4.79 Å². The summed E-state index contributed by atoms with van der Waals surface area (Å²) in [7, 11) is 1.89. The van der Waals surface area contributed by atoms with Gasteiger partial charge in [-0.15, -0.1) is 0 Å². The number of amides is 1. The summed E-state index contributed by atoms with van der Waals surface area (Å²) in [5.74, 6) is 1.14. The first-order valence-corrected chi connectivity index (χ1v) is 10.1. The van der Waals surface area contributed by atoms with E-state index in [0.717, 1.165) is 36.6 Å². The molecule has 0 aliphatic rings. The molecule has 9 heavy (non-hydrogen) atoms. The zero-order valence-corrected chi connectivity index (χ0v) is 11.8. The predicted molar refractivity (Wildman–Crippen MR) is 45.0 cm³/mol. The molecule has 0 saturated carbocycles. The summed E-state index contributed by atoms with van der Waals surface area (Å²) in [6.07, 6.45) is 0. The molecule has 0 saturated heterocycles. The Morgan fingerprint density at radius 2 is 2.44 bits per heavy atom. The summed E-state index contributed by atoms with van der Waals surface area (Å²) in [5, 5.41) is 3.17. The van der Waals surface area contributed by atoms with Gasteiger partial charge < -0.3 is 0 Å². The molecule has 1 amide bonds. The van der Waals surface area contributed by atoms with Crippen LogP contribution >= 0.6 is 24.2 Å². The zero-order chi connectivity index (χ0) is 7.11. The van der Waals surface area contributed by atoms with Gasteiger partial charge in [0.15, 0.2) is 0 Å². The first-order chi connectivity index (χ1) is 4.31. The van der Waals surface area contributed by atoms with Crippen LogP contribution in [0, 0.1) is 0 Å². The topological polar surface area (TPSA) is 29.1 Å². The molecule has 0 aliphatic heterocycles. The van der Waals surface area contributed by atoms with Crippen molar-refractivity contribution in [2.45, 2.75) is 0 Å². The summed E-state index contributed by atoms with van der Waals surface area (Å²) in [6.45, 7) is 0.811. The molecule has 0 atom stereocenters. The van der Waals surface area contributed by atoms with Crippen molar-refractivity contribution in [3.8, 4) is 0 Å². The molecule has 0 aromatic heterocycles. The Morgan fingerprint density at radius 3 is 2.89 bits per heavy atom. The molecule has 0 bridgehead atoms. The van der Waals surface area contributed by atoms with Crippen LogP contribution in [0.2, 0.25) is 0 Å². The van der Waals surface area contributed by atoms with Gasteiger partial charge in [0, 0.05) is 0 Å². The van der Waals surface area contributed by atoms with E-state index in [1.807, 2.05) is 8.31 Å². The van der Waals surface area contributed by atoms with Crippen molar-refractivity contribution in [3.63, 3.8) is 0 Å². The Bertz CT molecular complexity index is 92.6. The van der Waals surface area contributed by atoms with Crippen LogP contribution in [-0.4, -0.2) is 47.8 Å². The van der Waals surface area contributed by atoms with Crippen LogP contribution in [0.5, 0.6) is 0 Å². The third-order valence-corrected chi connectivity index (χ3v) is 4.36. The summed E-state index contributed by atoms with van der Waals surface area (Å²) < 4.78 is 0. The van der Waals surface area contributed by atoms with Crippen LogP contribution in [0.4, 0.5) is 0 Å². The van der Waals surface area contributed by atoms with E-state index in [2.05, 4.69) is 21.2 Å². The van der Waals surface area contributed by atoms with Gasteiger partial charge in [0.1, 0.15) is 0 Å². The number of carbonyl (C=O) groups excluding carboxylic acids is 1. The van der Waals surface area contributed by atoms with Crippen LogP contribution in [0.15, 0.2) is 0 Å². The van der Waals surface area contributed by atoms with Gasteiger partial charge in [-0.05, 0) is 0 Å². The van der Waals surface area contributed by atoms with E-state index in [0.29, 0.717) is 5.33 Å². The van der Waals surface area contributed by atoms with E-state index in [-0.39, 0.29) is 5.91 Å². The maximum atomic E-state index is 10.5. The van der Waals surface area contributed by atoms with Gasteiger partial charge in [-0.2, -0.15) is 0 Å². The second-order valence-electron chi connectivity index (χ2n) is 1.35. The molecule has 0 rings (SSSR count). The van der Waals surface area contributed by atoms with Crippen molar-refractivity contribution < 1.29 is 4.79 Å². The molecule has 0 heterocycles. The molecule has 0 aromatic rings. The minimum atomic E-state index is 0.0778. The number of alkyl halides is 1. The summed E-state index contributed by atoms with van der Waals surface area (Å²) in [4.78, 5) is 10.5. The van der Waals surface area contributed by atoms with Gasteiger partial charge in [0.05, 0.1) is 0 Å². The normalized spacial score (nSPS) is 8.89. The molecule has 0 spiro atoms. The molecule has 0 aliphatic carbocycles. The number of nitrogens with one attached hydrogen (secondary N) is 1. The molecule has 0 fully saturated rings. The van der Waals surface area contributed by atoms with E-state index in [1.165, 1.54) is 0 Å². The molecule has 5 heteroatoms. The van der Waals surface area contributed by atoms with E-state index >= 15 is 0 Å². The Hall–Kier alpha value is 1.22. The molecule has 2 nitrogen and oxygen atoms in total. The third kappa shape index (κ3) is 7.12. The van der Waals surface area contributed by atoms with Gasteiger partial charge in [0.2, 0.25) is 0 Å². The molecule has 0 radical (unpaired) electrons. The number of hydrogen-bond donors (Lipinski definition) is 1. The molecule has 0 unspecified atom stereocenters. The first-order valence-electron chi connectivity index (χ1n) is 2.45. The Kier molecular flexibility index (Phi) is 8.33. The van der Waals surface area contributed by atoms with Gasteiger partial charge >= 0.3 is 82.2 Å². The molecular formula is C4H7BrNOSTl. The van der Waals surface area contributed by atoms with Crippen molar-refractivity contribution in [1.29, 1.82) is 0 Å². The summed E-state index contributed by atoms with van der Waals surface area (Å²) in [5.41, 5.74) is 0. The number of rotatable bonds is 4. The Labute approximate surface area is 81.5 Å². The quantitative estimate of drug-likeness (QED) is 0.418. The predicted octanol–water partition coefficient (Wildman–Crippen LogP) is 0.314. The average molecular weight is 401 g/mol. The Morgan fingerprint density at radius 1 is 1.78 bits per heavy atom. The van der Waals surface area contributed by atoms with Crippen molar-refractivity contribution in [2.24, 2.45) is 0 Å². The maximum absolute atomic E-state index is 10.5. The van der Waals surface area contributed by atoms with Crippen molar-refractivity contribution >= 4 is 54.4 Å². The fourth-order valence-corrected chi connectivity index (χ4v) is 2.09. The zero-order valence-electron chi connectivity index (χ0n) is 4.89. The van der Waals surface area contributed by atoms with Crippen molar-refractivity contribution in [3.05, 3.63) is 0 Å². The van der Waals surface area contributed by atoms with Crippen molar-refractivity contribution in [1.82, 2.24) is 5.32 Å². The van der Waals surface area contributed by atoms with Crippen LogP contribution in [0.1, 0.15) is 0 Å². The molecule has 50 valence electrons. The minimum absolute atomic E-state index is 0.0778. The summed E-state index contributed by atoms with van der Waals surface area (Å²) in [6, 6.07) is 0. The third-order valence-electron chi connectivity index (χ3n) is 0.663. The SMILES string of the molecule is O=C(CBr)NCC[S][Tl]. The first kappa shape index (κ1) is 10.2. The fraction of sp³-hybridized carbons (Fsp3) is 0.750. The number of halogens is 1. The van der Waals surface area contributed by atoms with Gasteiger partial charge in [-0.3, -0.25) is 0 Å². The van der Waals surface area contributed by atoms with Crippen LogP contribution in [0.25, 0.3) is 0 Å².